The molecule has 1 aliphatic heterocycles. The Morgan fingerprint density at radius 2 is 2.00 bits per heavy atom. The lowest BCUT2D eigenvalue weighted by molar-refractivity contribution is -0.138. The molecule has 1 aliphatic rings. The quantitative estimate of drug-likeness (QED) is 0.868. The van der Waals surface area contributed by atoms with Crippen LogP contribution in [-0.4, -0.2) is 40.8 Å². The Balaban J connectivity index is 2.31. The minimum absolute atomic E-state index is 0.140. The molecule has 2 amide bonds. The van der Waals surface area contributed by atoms with Crippen molar-refractivity contribution in [3.05, 3.63) is 33.7 Å². The molecular weight excluding hydrogens is 327 g/mol. The number of hydrogen-bond acceptors (Lipinski definition) is 3. The summed E-state index contributed by atoms with van der Waals surface area (Å²) in [5.41, 5.74) is -3.01. The third kappa shape index (κ3) is 3.77. The molecule has 2 N–H and O–H groups in total. The second-order valence-corrected chi connectivity index (χ2v) is 6.05. The lowest BCUT2D eigenvalue weighted by atomic mass is 9.99. The monoisotopic (exact) mass is 345 g/mol. The van der Waals surface area contributed by atoms with Crippen LogP contribution in [0.4, 0.5) is 13.2 Å². The van der Waals surface area contributed by atoms with Crippen molar-refractivity contribution in [1.82, 2.24) is 15.2 Å². The highest BCUT2D eigenvalue weighted by molar-refractivity contribution is 5.96. The van der Waals surface area contributed by atoms with Crippen molar-refractivity contribution in [1.29, 1.82) is 0 Å². The molecule has 2 rings (SSSR count). The van der Waals surface area contributed by atoms with Crippen molar-refractivity contribution in [3.8, 4) is 0 Å². The van der Waals surface area contributed by atoms with Crippen LogP contribution >= 0.6 is 0 Å². The molecule has 1 aromatic heterocycles. The van der Waals surface area contributed by atoms with Crippen LogP contribution in [-0.2, 0) is 11.0 Å². The number of pyridine rings is 1. The minimum atomic E-state index is -4.79. The molecule has 0 bridgehead atoms. The topological polar surface area (TPSA) is 82.3 Å². The van der Waals surface area contributed by atoms with Crippen LogP contribution in [0.1, 0.15) is 36.3 Å². The third-order valence-corrected chi connectivity index (χ3v) is 3.73. The van der Waals surface area contributed by atoms with Crippen LogP contribution in [0, 0.1) is 5.92 Å². The van der Waals surface area contributed by atoms with Gasteiger partial charge in [-0.15, -0.1) is 0 Å². The van der Waals surface area contributed by atoms with Gasteiger partial charge in [0.05, 0.1) is 0 Å². The SMILES string of the molecule is CC(C)C[C@@H]1C(=O)NCCN1C(=O)c1ccc(C(F)(F)F)c(=O)[nH]1. The van der Waals surface area contributed by atoms with E-state index in [2.05, 4.69) is 5.32 Å². The van der Waals surface area contributed by atoms with E-state index in [1.165, 1.54) is 4.90 Å². The summed E-state index contributed by atoms with van der Waals surface area (Å²) in [6.07, 6.45) is -4.37. The van der Waals surface area contributed by atoms with Gasteiger partial charge in [-0.2, -0.15) is 13.2 Å². The van der Waals surface area contributed by atoms with E-state index in [4.69, 9.17) is 0 Å². The summed E-state index contributed by atoms with van der Waals surface area (Å²) >= 11 is 0. The van der Waals surface area contributed by atoms with Crippen molar-refractivity contribution < 1.29 is 22.8 Å². The van der Waals surface area contributed by atoms with Crippen LogP contribution in [0.25, 0.3) is 0 Å². The zero-order valence-corrected chi connectivity index (χ0v) is 13.2. The summed E-state index contributed by atoms with van der Waals surface area (Å²) in [6.45, 7) is 4.27. The first-order valence-electron chi connectivity index (χ1n) is 7.50. The van der Waals surface area contributed by atoms with E-state index in [1.54, 1.807) is 0 Å². The number of nitrogens with one attached hydrogen (secondary N) is 2. The van der Waals surface area contributed by atoms with Gasteiger partial charge in [0.25, 0.3) is 11.5 Å². The molecule has 24 heavy (non-hydrogen) atoms. The second-order valence-electron chi connectivity index (χ2n) is 6.05. The Bertz CT molecular complexity index is 697. The van der Waals surface area contributed by atoms with E-state index in [0.29, 0.717) is 12.5 Å². The van der Waals surface area contributed by atoms with Crippen LogP contribution in [0.3, 0.4) is 0 Å². The van der Waals surface area contributed by atoms with E-state index in [1.807, 2.05) is 18.8 Å². The van der Waals surface area contributed by atoms with Gasteiger partial charge < -0.3 is 15.2 Å². The van der Waals surface area contributed by atoms with Crippen molar-refractivity contribution >= 4 is 11.8 Å². The number of piperazine rings is 1. The van der Waals surface area contributed by atoms with Gasteiger partial charge >= 0.3 is 6.18 Å². The predicted molar refractivity (Wildman–Crippen MR) is 79.4 cm³/mol. The first-order valence-corrected chi connectivity index (χ1v) is 7.50. The third-order valence-electron chi connectivity index (χ3n) is 3.73. The van der Waals surface area contributed by atoms with Gasteiger partial charge in [0, 0.05) is 13.1 Å². The summed E-state index contributed by atoms with van der Waals surface area (Å²) in [5, 5.41) is 2.66. The predicted octanol–water partition coefficient (Wildman–Crippen LogP) is 1.38. The Hall–Kier alpha value is -2.32. The highest BCUT2D eigenvalue weighted by atomic mass is 19.4. The first kappa shape index (κ1) is 18.0. The number of aromatic nitrogens is 1. The number of carbonyl (C=O) groups is 2. The van der Waals surface area contributed by atoms with Crippen LogP contribution in [0.5, 0.6) is 0 Å². The van der Waals surface area contributed by atoms with Gasteiger partial charge in [-0.3, -0.25) is 14.4 Å². The van der Waals surface area contributed by atoms with Gasteiger partial charge in [0.15, 0.2) is 0 Å². The second kappa shape index (κ2) is 6.66. The zero-order valence-electron chi connectivity index (χ0n) is 13.2. The van der Waals surface area contributed by atoms with Crippen molar-refractivity contribution in [2.45, 2.75) is 32.5 Å². The zero-order chi connectivity index (χ0) is 18.1. The standard InChI is InChI=1S/C15H18F3N3O3/c1-8(2)7-11-13(23)19-5-6-21(11)14(24)10-4-3-9(12(22)20-10)15(16,17)18/h3-4,8,11H,5-7H2,1-2H3,(H,19,23)(H,20,22)/t11-/m1/s1. The number of H-pyrrole nitrogens is 1. The Kier molecular flexibility index (Phi) is 5.00. The van der Waals surface area contributed by atoms with E-state index in [9.17, 15) is 27.6 Å². The fourth-order valence-electron chi connectivity index (χ4n) is 2.61. The molecular formula is C15H18F3N3O3. The van der Waals surface area contributed by atoms with Crippen molar-refractivity contribution in [3.63, 3.8) is 0 Å². The average molecular weight is 345 g/mol. The molecule has 6 nitrogen and oxygen atoms in total. The lowest BCUT2D eigenvalue weighted by Gasteiger charge is -2.35. The lowest BCUT2D eigenvalue weighted by Crippen LogP contribution is -2.57. The van der Waals surface area contributed by atoms with Crippen LogP contribution in [0.15, 0.2) is 16.9 Å². The summed E-state index contributed by atoms with van der Waals surface area (Å²) in [6, 6.07) is 0.788. The normalized spacial score (nSPS) is 18.7. The fraction of sp³-hybridized carbons (Fsp3) is 0.533. The largest absolute Gasteiger partial charge is 0.421 e. The summed E-state index contributed by atoms with van der Waals surface area (Å²) in [4.78, 5) is 39.4. The number of alkyl halides is 3. The van der Waals surface area contributed by atoms with E-state index >= 15 is 0 Å². The molecule has 0 spiro atoms. The molecule has 132 valence electrons. The fourth-order valence-corrected chi connectivity index (χ4v) is 2.61. The maximum atomic E-state index is 12.6. The number of hydrogen-bond donors (Lipinski definition) is 2. The molecule has 1 saturated heterocycles. The molecule has 0 unspecified atom stereocenters. The van der Waals surface area contributed by atoms with Gasteiger partial charge in [-0.05, 0) is 24.5 Å². The number of carbonyl (C=O) groups excluding carboxylic acids is 2. The van der Waals surface area contributed by atoms with Crippen LogP contribution < -0.4 is 10.9 Å². The first-order chi connectivity index (χ1) is 11.1. The van der Waals surface area contributed by atoms with Crippen molar-refractivity contribution in [2.24, 2.45) is 5.92 Å². The highest BCUT2D eigenvalue weighted by Gasteiger charge is 2.36. The molecule has 0 radical (unpaired) electrons. The number of halogens is 3. The molecule has 9 heteroatoms. The summed E-state index contributed by atoms with van der Waals surface area (Å²) < 4.78 is 37.9. The number of nitrogens with zero attached hydrogens (tertiary/aromatic N) is 1. The average Bonchev–Trinajstić information content (AvgIpc) is 2.46. The molecule has 0 saturated carbocycles. The summed E-state index contributed by atoms with van der Waals surface area (Å²) in [7, 11) is 0. The molecule has 0 aliphatic carbocycles. The summed E-state index contributed by atoms with van der Waals surface area (Å²) in [5.74, 6) is -0.834. The minimum Gasteiger partial charge on any atom is -0.353 e. The molecule has 1 atom stereocenters. The molecule has 1 aromatic rings. The van der Waals surface area contributed by atoms with E-state index in [-0.39, 0.29) is 30.6 Å². The Morgan fingerprint density at radius 1 is 1.33 bits per heavy atom. The van der Waals surface area contributed by atoms with Gasteiger partial charge in [0.2, 0.25) is 5.91 Å². The maximum Gasteiger partial charge on any atom is 0.421 e. The van der Waals surface area contributed by atoms with E-state index < -0.39 is 29.2 Å². The highest BCUT2D eigenvalue weighted by Crippen LogP contribution is 2.26. The van der Waals surface area contributed by atoms with Gasteiger partial charge in [0.1, 0.15) is 17.3 Å². The molecule has 0 aromatic carbocycles. The smallest absolute Gasteiger partial charge is 0.353 e. The Morgan fingerprint density at radius 3 is 2.54 bits per heavy atom. The number of amides is 2. The van der Waals surface area contributed by atoms with E-state index in [0.717, 1.165) is 6.07 Å². The molecule has 2 heterocycles. The number of aromatic amines is 1. The number of rotatable bonds is 3. The Labute approximate surface area is 136 Å². The van der Waals surface area contributed by atoms with Gasteiger partial charge in [-0.25, -0.2) is 0 Å². The molecule has 1 fully saturated rings. The maximum absolute atomic E-state index is 12.6. The van der Waals surface area contributed by atoms with Crippen LogP contribution in [0.2, 0.25) is 0 Å². The van der Waals surface area contributed by atoms with Crippen molar-refractivity contribution in [2.75, 3.05) is 13.1 Å². The van der Waals surface area contributed by atoms with Gasteiger partial charge in [-0.1, -0.05) is 13.8 Å².